The third-order valence-corrected chi connectivity index (χ3v) is 3.73. The van der Waals surface area contributed by atoms with Gasteiger partial charge in [0.2, 0.25) is 5.89 Å². The summed E-state index contributed by atoms with van der Waals surface area (Å²) in [6, 6.07) is 4.24. The topological polar surface area (TPSA) is 42.2 Å². The van der Waals surface area contributed by atoms with Gasteiger partial charge in [0.25, 0.3) is 0 Å². The molecule has 5 heteroatoms. The lowest BCUT2D eigenvalue weighted by molar-refractivity contribution is 0.230. The highest BCUT2D eigenvalue weighted by atomic mass is 32.1. The molecule has 0 aliphatic carbocycles. The Bertz CT molecular complexity index is 479. The van der Waals surface area contributed by atoms with Gasteiger partial charge >= 0.3 is 0 Å². The molecule has 2 aromatic heterocycles. The third-order valence-electron chi connectivity index (χ3n) is 2.87. The Hall–Kier alpha value is -1.20. The minimum Gasteiger partial charge on any atom is -0.338 e. The largest absolute Gasteiger partial charge is 0.338 e. The predicted octanol–water partition coefficient (Wildman–Crippen LogP) is 3.35. The van der Waals surface area contributed by atoms with Gasteiger partial charge in [-0.3, -0.25) is 4.90 Å². The fourth-order valence-electron chi connectivity index (χ4n) is 1.90. The molecular formula is C14H21N3OS. The van der Waals surface area contributed by atoms with Crippen molar-refractivity contribution in [2.75, 3.05) is 6.54 Å². The first-order valence-corrected chi connectivity index (χ1v) is 7.61. The first-order valence-electron chi connectivity index (χ1n) is 6.73. The number of aromatic nitrogens is 2. The molecule has 0 bridgehead atoms. The van der Waals surface area contributed by atoms with Crippen LogP contribution < -0.4 is 0 Å². The van der Waals surface area contributed by atoms with Gasteiger partial charge < -0.3 is 4.52 Å². The molecule has 0 atom stereocenters. The van der Waals surface area contributed by atoms with Crippen LogP contribution in [0.25, 0.3) is 0 Å². The Morgan fingerprint density at radius 1 is 1.37 bits per heavy atom. The van der Waals surface area contributed by atoms with E-state index in [0.29, 0.717) is 11.8 Å². The van der Waals surface area contributed by atoms with Crippen LogP contribution in [0.5, 0.6) is 0 Å². The fraction of sp³-hybridized carbons (Fsp3) is 0.571. The zero-order chi connectivity index (χ0) is 13.7. The lowest BCUT2D eigenvalue weighted by Crippen LogP contribution is -2.22. The zero-order valence-corrected chi connectivity index (χ0v) is 12.6. The second kappa shape index (κ2) is 6.82. The molecule has 0 amide bonds. The van der Waals surface area contributed by atoms with E-state index in [9.17, 15) is 0 Å². The third kappa shape index (κ3) is 4.44. The number of hydrogen-bond acceptors (Lipinski definition) is 5. The average molecular weight is 279 g/mol. The second-order valence-electron chi connectivity index (χ2n) is 5.08. The molecular weight excluding hydrogens is 258 g/mol. The molecule has 2 rings (SSSR count). The van der Waals surface area contributed by atoms with E-state index in [-0.39, 0.29) is 0 Å². The molecule has 0 spiro atoms. The van der Waals surface area contributed by atoms with Gasteiger partial charge in [-0.15, -0.1) is 11.3 Å². The predicted molar refractivity (Wildman–Crippen MR) is 76.9 cm³/mol. The van der Waals surface area contributed by atoms with E-state index >= 15 is 0 Å². The first-order chi connectivity index (χ1) is 9.17. The number of thiophene rings is 1. The smallest absolute Gasteiger partial charge is 0.240 e. The molecule has 0 aliphatic heterocycles. The van der Waals surface area contributed by atoms with Crippen molar-refractivity contribution in [1.82, 2.24) is 15.0 Å². The van der Waals surface area contributed by atoms with Gasteiger partial charge in [0, 0.05) is 17.8 Å². The van der Waals surface area contributed by atoms with Crippen LogP contribution in [0.1, 0.15) is 37.4 Å². The molecule has 2 heterocycles. The van der Waals surface area contributed by atoms with Gasteiger partial charge in [0.05, 0.1) is 6.54 Å². The molecule has 0 aliphatic rings. The van der Waals surface area contributed by atoms with Crippen molar-refractivity contribution in [3.05, 3.63) is 34.1 Å². The van der Waals surface area contributed by atoms with E-state index in [2.05, 4.69) is 53.3 Å². The maximum Gasteiger partial charge on any atom is 0.240 e. The van der Waals surface area contributed by atoms with E-state index in [1.54, 1.807) is 11.3 Å². The second-order valence-corrected chi connectivity index (χ2v) is 6.12. The Morgan fingerprint density at radius 2 is 2.21 bits per heavy atom. The summed E-state index contributed by atoms with van der Waals surface area (Å²) in [6.45, 7) is 9.10. The van der Waals surface area contributed by atoms with Crippen LogP contribution in [-0.2, 0) is 19.5 Å². The standard InChI is InChI=1S/C14H21N3OS/c1-4-17(9-12-6-5-7-19-12)10-14-15-13(16-18-14)8-11(2)3/h5-7,11H,4,8-10H2,1-3H3. The maximum absolute atomic E-state index is 5.32. The maximum atomic E-state index is 5.32. The van der Waals surface area contributed by atoms with Crippen molar-refractivity contribution >= 4 is 11.3 Å². The molecule has 0 aromatic carbocycles. The van der Waals surface area contributed by atoms with Crippen LogP contribution in [-0.4, -0.2) is 21.6 Å². The summed E-state index contributed by atoms with van der Waals surface area (Å²) >= 11 is 1.78. The Labute approximate surface area is 118 Å². The summed E-state index contributed by atoms with van der Waals surface area (Å²) in [5, 5.41) is 6.14. The van der Waals surface area contributed by atoms with Crippen LogP contribution in [0.4, 0.5) is 0 Å². The van der Waals surface area contributed by atoms with Crippen LogP contribution in [0.15, 0.2) is 22.0 Å². The Kier molecular flexibility index (Phi) is 5.10. The van der Waals surface area contributed by atoms with Crippen LogP contribution >= 0.6 is 11.3 Å². The molecule has 0 fully saturated rings. The summed E-state index contributed by atoms with van der Waals surface area (Å²) < 4.78 is 5.32. The highest BCUT2D eigenvalue weighted by Gasteiger charge is 2.12. The van der Waals surface area contributed by atoms with Crippen LogP contribution in [0, 0.1) is 5.92 Å². The SMILES string of the molecule is CCN(Cc1nc(CC(C)C)no1)Cc1cccs1. The van der Waals surface area contributed by atoms with Gasteiger partial charge in [-0.25, -0.2) is 0 Å². The fourth-order valence-corrected chi connectivity index (χ4v) is 2.64. The van der Waals surface area contributed by atoms with E-state index in [4.69, 9.17) is 4.52 Å². The van der Waals surface area contributed by atoms with Crippen molar-refractivity contribution in [2.24, 2.45) is 5.92 Å². The van der Waals surface area contributed by atoms with Crippen LogP contribution in [0.3, 0.4) is 0 Å². The number of hydrogen-bond donors (Lipinski definition) is 0. The summed E-state index contributed by atoms with van der Waals surface area (Å²) in [5.74, 6) is 2.09. The molecule has 0 saturated heterocycles. The first kappa shape index (κ1) is 14.2. The van der Waals surface area contributed by atoms with E-state index in [1.807, 2.05) is 0 Å². The van der Waals surface area contributed by atoms with Crippen molar-refractivity contribution in [1.29, 1.82) is 0 Å². The monoisotopic (exact) mass is 279 g/mol. The minimum atomic E-state index is 0.554. The highest BCUT2D eigenvalue weighted by Crippen LogP contribution is 2.14. The molecule has 0 N–H and O–H groups in total. The summed E-state index contributed by atoms with van der Waals surface area (Å²) in [5.41, 5.74) is 0. The molecule has 0 saturated carbocycles. The summed E-state index contributed by atoms with van der Waals surface area (Å²) in [4.78, 5) is 8.12. The lowest BCUT2D eigenvalue weighted by Gasteiger charge is -2.16. The molecule has 19 heavy (non-hydrogen) atoms. The number of rotatable bonds is 7. The Balaban J connectivity index is 1.92. The molecule has 4 nitrogen and oxygen atoms in total. The van der Waals surface area contributed by atoms with E-state index < -0.39 is 0 Å². The van der Waals surface area contributed by atoms with Crippen LogP contribution in [0.2, 0.25) is 0 Å². The normalized spacial score (nSPS) is 11.6. The van der Waals surface area contributed by atoms with Gasteiger partial charge in [0.1, 0.15) is 0 Å². The van der Waals surface area contributed by atoms with Gasteiger partial charge in [0.15, 0.2) is 5.82 Å². The van der Waals surface area contributed by atoms with Crippen molar-refractivity contribution < 1.29 is 4.52 Å². The van der Waals surface area contributed by atoms with Gasteiger partial charge in [-0.05, 0) is 23.9 Å². The average Bonchev–Trinajstić information content (AvgIpc) is 3.00. The van der Waals surface area contributed by atoms with Crippen molar-refractivity contribution in [3.63, 3.8) is 0 Å². The lowest BCUT2D eigenvalue weighted by atomic mass is 10.1. The van der Waals surface area contributed by atoms with Gasteiger partial charge in [-0.1, -0.05) is 32.0 Å². The highest BCUT2D eigenvalue weighted by molar-refractivity contribution is 7.09. The van der Waals surface area contributed by atoms with Crippen molar-refractivity contribution in [3.8, 4) is 0 Å². The minimum absolute atomic E-state index is 0.554. The van der Waals surface area contributed by atoms with E-state index in [1.165, 1.54) is 4.88 Å². The number of nitrogens with zero attached hydrogens (tertiary/aromatic N) is 3. The Morgan fingerprint density at radius 3 is 2.84 bits per heavy atom. The molecule has 2 aromatic rings. The van der Waals surface area contributed by atoms with E-state index in [0.717, 1.165) is 31.9 Å². The van der Waals surface area contributed by atoms with Gasteiger partial charge in [-0.2, -0.15) is 4.98 Å². The molecule has 0 radical (unpaired) electrons. The quantitative estimate of drug-likeness (QED) is 0.779. The summed E-state index contributed by atoms with van der Waals surface area (Å²) in [7, 11) is 0. The molecule has 0 unspecified atom stereocenters. The zero-order valence-electron chi connectivity index (χ0n) is 11.8. The molecule has 104 valence electrons. The summed E-state index contributed by atoms with van der Waals surface area (Å²) in [6.07, 6.45) is 0.876. The van der Waals surface area contributed by atoms with Crippen molar-refractivity contribution in [2.45, 2.75) is 40.3 Å².